The molecule has 0 spiro atoms. The van der Waals surface area contributed by atoms with Crippen molar-refractivity contribution in [1.82, 2.24) is 4.98 Å². The maximum absolute atomic E-state index is 13.0. The molecule has 2 aromatic rings. The molecule has 0 bridgehead atoms. The highest BCUT2D eigenvalue weighted by Gasteiger charge is 2.32. The molecule has 0 aliphatic carbocycles. The Hall–Kier alpha value is -3.08. The number of alkyl halides is 3. The normalized spacial score (nSPS) is 10.9. The Morgan fingerprint density at radius 2 is 2.04 bits per heavy atom. The standard InChI is InChI=1S/C17H15F3N4O/c1-24(2)16-14(9-12(10-22-16)17(18,19)20)11-4-3-5-13(8-11)23-15(25)6-7-21/h3-5,8-10H,6H2,1-2H3,(H,23,25). The van der Waals surface area contributed by atoms with Crippen molar-refractivity contribution < 1.29 is 18.0 Å². The quantitative estimate of drug-likeness (QED) is 0.915. The number of pyridine rings is 1. The number of hydrogen-bond acceptors (Lipinski definition) is 4. The molecule has 0 radical (unpaired) electrons. The molecule has 1 heterocycles. The van der Waals surface area contributed by atoms with Gasteiger partial charge in [0.15, 0.2) is 0 Å². The molecule has 1 aromatic heterocycles. The second kappa shape index (κ2) is 7.21. The smallest absolute Gasteiger partial charge is 0.362 e. The van der Waals surface area contributed by atoms with E-state index in [1.165, 1.54) is 0 Å². The molecular formula is C17H15F3N4O. The summed E-state index contributed by atoms with van der Waals surface area (Å²) in [6.45, 7) is 0. The first-order valence-corrected chi connectivity index (χ1v) is 7.24. The van der Waals surface area contributed by atoms with Crippen LogP contribution >= 0.6 is 0 Å². The number of carbonyl (C=O) groups is 1. The molecule has 2 rings (SSSR count). The number of halogens is 3. The van der Waals surface area contributed by atoms with E-state index < -0.39 is 17.6 Å². The average Bonchev–Trinajstić information content (AvgIpc) is 2.53. The van der Waals surface area contributed by atoms with E-state index in [9.17, 15) is 18.0 Å². The lowest BCUT2D eigenvalue weighted by molar-refractivity contribution is -0.137. The highest BCUT2D eigenvalue weighted by atomic mass is 19.4. The third kappa shape index (κ3) is 4.47. The van der Waals surface area contributed by atoms with Crippen LogP contribution < -0.4 is 10.2 Å². The van der Waals surface area contributed by atoms with E-state index in [0.29, 0.717) is 17.1 Å². The predicted molar refractivity (Wildman–Crippen MR) is 87.9 cm³/mol. The van der Waals surface area contributed by atoms with Crippen LogP contribution in [0.25, 0.3) is 11.1 Å². The van der Waals surface area contributed by atoms with Gasteiger partial charge in [0.05, 0.1) is 11.6 Å². The van der Waals surface area contributed by atoms with E-state index in [1.54, 1.807) is 49.3 Å². The molecule has 0 aliphatic heterocycles. The molecular weight excluding hydrogens is 333 g/mol. The summed E-state index contributed by atoms with van der Waals surface area (Å²) in [6.07, 6.45) is -4.03. The Morgan fingerprint density at radius 3 is 2.64 bits per heavy atom. The van der Waals surface area contributed by atoms with Gasteiger partial charge < -0.3 is 10.2 Å². The topological polar surface area (TPSA) is 69.0 Å². The molecule has 8 heteroatoms. The van der Waals surface area contributed by atoms with Crippen molar-refractivity contribution in [3.8, 4) is 17.2 Å². The second-order valence-electron chi connectivity index (χ2n) is 5.45. The van der Waals surface area contributed by atoms with Gasteiger partial charge in [0, 0.05) is 31.5 Å². The zero-order valence-electron chi connectivity index (χ0n) is 13.6. The largest absolute Gasteiger partial charge is 0.417 e. The Bertz CT molecular complexity index is 825. The molecule has 1 amide bonds. The molecule has 0 fully saturated rings. The number of carbonyl (C=O) groups excluding carboxylic acids is 1. The number of rotatable bonds is 4. The third-order valence-corrected chi connectivity index (χ3v) is 3.31. The first-order chi connectivity index (χ1) is 11.7. The molecule has 130 valence electrons. The molecule has 1 N–H and O–H groups in total. The van der Waals surface area contributed by atoms with Crippen molar-refractivity contribution >= 4 is 17.4 Å². The lowest BCUT2D eigenvalue weighted by Crippen LogP contribution is -2.14. The van der Waals surface area contributed by atoms with Gasteiger partial charge in [-0.05, 0) is 23.8 Å². The van der Waals surface area contributed by atoms with E-state index in [4.69, 9.17) is 5.26 Å². The summed E-state index contributed by atoms with van der Waals surface area (Å²) in [5.41, 5.74) is 0.292. The van der Waals surface area contributed by atoms with Crippen molar-refractivity contribution in [3.63, 3.8) is 0 Å². The monoisotopic (exact) mass is 348 g/mol. The molecule has 0 atom stereocenters. The van der Waals surface area contributed by atoms with Gasteiger partial charge in [-0.15, -0.1) is 0 Å². The number of hydrogen-bond donors (Lipinski definition) is 1. The molecule has 0 saturated heterocycles. The number of nitrogens with one attached hydrogen (secondary N) is 1. The Morgan fingerprint density at radius 1 is 1.32 bits per heavy atom. The van der Waals surface area contributed by atoms with E-state index in [-0.39, 0.29) is 12.0 Å². The van der Waals surface area contributed by atoms with Crippen molar-refractivity contribution in [2.24, 2.45) is 0 Å². The van der Waals surface area contributed by atoms with Crippen LogP contribution in [-0.2, 0) is 11.0 Å². The van der Waals surface area contributed by atoms with Gasteiger partial charge in [-0.3, -0.25) is 4.79 Å². The van der Waals surface area contributed by atoms with Gasteiger partial charge >= 0.3 is 6.18 Å². The van der Waals surface area contributed by atoms with Crippen LogP contribution in [0.4, 0.5) is 24.7 Å². The van der Waals surface area contributed by atoms with Gasteiger partial charge in [0.1, 0.15) is 12.2 Å². The molecule has 0 saturated carbocycles. The van der Waals surface area contributed by atoms with E-state index >= 15 is 0 Å². The Kier molecular flexibility index (Phi) is 5.27. The van der Waals surface area contributed by atoms with E-state index in [1.807, 2.05) is 0 Å². The summed E-state index contributed by atoms with van der Waals surface area (Å²) >= 11 is 0. The summed E-state index contributed by atoms with van der Waals surface area (Å²) in [6, 6.07) is 9.13. The summed E-state index contributed by atoms with van der Waals surface area (Å²) in [7, 11) is 3.36. The lowest BCUT2D eigenvalue weighted by Gasteiger charge is -2.18. The lowest BCUT2D eigenvalue weighted by atomic mass is 10.0. The molecule has 5 nitrogen and oxygen atoms in total. The predicted octanol–water partition coefficient (Wildman–Crippen LogP) is 3.69. The number of aromatic nitrogens is 1. The number of anilines is 2. The van der Waals surface area contributed by atoms with E-state index in [0.717, 1.165) is 12.3 Å². The van der Waals surface area contributed by atoms with Gasteiger partial charge in [-0.25, -0.2) is 4.98 Å². The van der Waals surface area contributed by atoms with Crippen LogP contribution in [0, 0.1) is 11.3 Å². The summed E-state index contributed by atoms with van der Waals surface area (Å²) < 4.78 is 39.0. The van der Waals surface area contributed by atoms with Crippen LogP contribution in [0.1, 0.15) is 12.0 Å². The van der Waals surface area contributed by atoms with Crippen LogP contribution in [0.2, 0.25) is 0 Å². The Labute approximate surface area is 142 Å². The SMILES string of the molecule is CN(C)c1ncc(C(F)(F)F)cc1-c1cccc(NC(=O)CC#N)c1. The summed E-state index contributed by atoms with van der Waals surface area (Å²) in [4.78, 5) is 17.0. The number of nitriles is 1. The Balaban J connectivity index is 2.49. The molecule has 0 aliphatic rings. The maximum atomic E-state index is 13.0. The van der Waals surface area contributed by atoms with Gasteiger partial charge in [-0.1, -0.05) is 12.1 Å². The minimum atomic E-state index is -4.51. The number of nitrogens with zero attached hydrogens (tertiary/aromatic N) is 3. The zero-order chi connectivity index (χ0) is 18.6. The van der Waals surface area contributed by atoms with E-state index in [2.05, 4.69) is 10.3 Å². The highest BCUT2D eigenvalue weighted by molar-refractivity contribution is 5.93. The molecule has 1 aromatic carbocycles. The minimum Gasteiger partial charge on any atom is -0.362 e. The summed E-state index contributed by atoms with van der Waals surface area (Å²) in [5, 5.41) is 11.0. The van der Waals surface area contributed by atoms with Crippen molar-refractivity contribution in [2.45, 2.75) is 12.6 Å². The molecule has 0 unspecified atom stereocenters. The summed E-state index contributed by atoms with van der Waals surface area (Å²) in [5.74, 6) is -0.122. The number of amides is 1. The third-order valence-electron chi connectivity index (χ3n) is 3.31. The van der Waals surface area contributed by atoms with Crippen molar-refractivity contribution in [3.05, 3.63) is 42.1 Å². The first-order valence-electron chi connectivity index (χ1n) is 7.24. The fourth-order valence-corrected chi connectivity index (χ4v) is 2.22. The zero-order valence-corrected chi connectivity index (χ0v) is 13.6. The first kappa shape index (κ1) is 18.3. The fraction of sp³-hybridized carbons (Fsp3) is 0.235. The minimum absolute atomic E-state index is 0.288. The van der Waals surface area contributed by atoms with Crippen LogP contribution in [-0.4, -0.2) is 25.0 Å². The van der Waals surface area contributed by atoms with Crippen LogP contribution in [0.15, 0.2) is 36.5 Å². The fourth-order valence-electron chi connectivity index (χ4n) is 2.22. The van der Waals surface area contributed by atoms with Gasteiger partial charge in [0.25, 0.3) is 0 Å². The maximum Gasteiger partial charge on any atom is 0.417 e. The van der Waals surface area contributed by atoms with Crippen molar-refractivity contribution in [2.75, 3.05) is 24.3 Å². The highest BCUT2D eigenvalue weighted by Crippen LogP contribution is 2.36. The van der Waals surface area contributed by atoms with Gasteiger partial charge in [0.2, 0.25) is 5.91 Å². The van der Waals surface area contributed by atoms with Gasteiger partial charge in [-0.2, -0.15) is 18.4 Å². The average molecular weight is 348 g/mol. The number of benzene rings is 1. The second-order valence-corrected chi connectivity index (χ2v) is 5.45. The molecule has 25 heavy (non-hydrogen) atoms. The van der Waals surface area contributed by atoms with Crippen molar-refractivity contribution in [1.29, 1.82) is 5.26 Å². The van der Waals surface area contributed by atoms with Crippen LogP contribution in [0.3, 0.4) is 0 Å². The van der Waals surface area contributed by atoms with Crippen LogP contribution in [0.5, 0.6) is 0 Å².